The summed E-state index contributed by atoms with van der Waals surface area (Å²) in [6.07, 6.45) is 0.226. The van der Waals surface area contributed by atoms with E-state index in [0.29, 0.717) is 30.3 Å². The fourth-order valence-electron chi connectivity index (χ4n) is 3.94. The quantitative estimate of drug-likeness (QED) is 0.385. The molecule has 4 N–H and O–H groups in total. The molecule has 1 saturated carbocycles. The molecular weight excluding hydrogens is 429 g/mol. The zero-order valence-electron chi connectivity index (χ0n) is 19.0. The summed E-state index contributed by atoms with van der Waals surface area (Å²) >= 11 is 0. The van der Waals surface area contributed by atoms with Gasteiger partial charge in [0.25, 0.3) is 5.91 Å². The lowest BCUT2D eigenvalue weighted by molar-refractivity contribution is -0.139. The molecular formula is C24H32FN3O5. The number of halogens is 1. The van der Waals surface area contributed by atoms with Crippen molar-refractivity contribution in [2.45, 2.75) is 70.5 Å². The van der Waals surface area contributed by atoms with E-state index in [9.17, 15) is 24.2 Å². The van der Waals surface area contributed by atoms with Gasteiger partial charge >= 0.3 is 5.97 Å². The van der Waals surface area contributed by atoms with Gasteiger partial charge < -0.3 is 20.6 Å². The second-order valence-electron chi connectivity index (χ2n) is 9.09. The molecule has 0 radical (unpaired) electrons. The lowest BCUT2D eigenvalue weighted by Crippen LogP contribution is -2.27. The van der Waals surface area contributed by atoms with Crippen molar-refractivity contribution in [3.63, 3.8) is 0 Å². The average Bonchev–Trinajstić information content (AvgIpc) is 3.48. The van der Waals surface area contributed by atoms with E-state index in [1.165, 1.54) is 12.1 Å². The Morgan fingerprint density at radius 2 is 1.85 bits per heavy atom. The first-order valence-electron chi connectivity index (χ1n) is 11.4. The lowest BCUT2D eigenvalue weighted by Gasteiger charge is -2.16. The first-order chi connectivity index (χ1) is 15.7. The Labute approximate surface area is 192 Å². The van der Waals surface area contributed by atoms with Gasteiger partial charge in [-0.05, 0) is 68.2 Å². The van der Waals surface area contributed by atoms with Crippen molar-refractivity contribution in [3.8, 4) is 5.69 Å². The highest BCUT2D eigenvalue weighted by Gasteiger charge is 2.28. The van der Waals surface area contributed by atoms with Crippen LogP contribution < -0.4 is 5.32 Å². The number of aromatic nitrogens is 2. The summed E-state index contributed by atoms with van der Waals surface area (Å²) in [5.74, 6) is -1.30. The third kappa shape index (κ3) is 6.85. The number of hydrogen-bond acceptors (Lipinski definition) is 5. The second kappa shape index (κ2) is 10.9. The number of aliphatic hydroxyl groups excluding tert-OH is 2. The molecule has 0 spiro atoms. The predicted octanol–water partition coefficient (Wildman–Crippen LogP) is 2.79. The maximum Gasteiger partial charge on any atom is 0.305 e. The van der Waals surface area contributed by atoms with Crippen LogP contribution in [0.25, 0.3) is 5.69 Å². The van der Waals surface area contributed by atoms with Crippen molar-refractivity contribution < 1.29 is 29.3 Å². The standard InChI is InChI=1S/C24H32FN3O5/c1-14(2)22-20(10-9-18(29)11-19(30)12-21(31)32)28(17-7-5-16(25)6-8-17)27-23(22)24(33)26-13-15-3-4-15/h5-8,14-15,18-19,29-30H,3-4,9-13H2,1-2H3,(H,26,33)(H,31,32)/t18-,19-/m1/s1. The highest BCUT2D eigenvalue weighted by Crippen LogP contribution is 2.30. The Morgan fingerprint density at radius 1 is 1.18 bits per heavy atom. The Morgan fingerprint density at radius 3 is 2.42 bits per heavy atom. The van der Waals surface area contributed by atoms with Gasteiger partial charge in [0.05, 0.1) is 24.3 Å². The van der Waals surface area contributed by atoms with E-state index < -0.39 is 24.6 Å². The molecule has 1 aliphatic rings. The fourth-order valence-corrected chi connectivity index (χ4v) is 3.94. The van der Waals surface area contributed by atoms with Gasteiger partial charge in [0, 0.05) is 17.8 Å². The minimum absolute atomic E-state index is 0.0365. The summed E-state index contributed by atoms with van der Waals surface area (Å²) in [5.41, 5.74) is 2.38. The zero-order valence-corrected chi connectivity index (χ0v) is 19.0. The summed E-state index contributed by atoms with van der Waals surface area (Å²) in [4.78, 5) is 23.7. The second-order valence-corrected chi connectivity index (χ2v) is 9.09. The molecule has 0 saturated heterocycles. The number of carboxylic acids is 1. The number of carbonyl (C=O) groups excluding carboxylic acids is 1. The third-order valence-electron chi connectivity index (χ3n) is 5.80. The smallest absolute Gasteiger partial charge is 0.305 e. The largest absolute Gasteiger partial charge is 0.481 e. The Bertz CT molecular complexity index is 969. The maximum atomic E-state index is 13.5. The molecule has 2 aromatic rings. The minimum Gasteiger partial charge on any atom is -0.481 e. The molecule has 1 aliphatic carbocycles. The molecule has 1 heterocycles. The van der Waals surface area contributed by atoms with Crippen LogP contribution in [0.5, 0.6) is 0 Å². The molecule has 33 heavy (non-hydrogen) atoms. The van der Waals surface area contributed by atoms with Crippen molar-refractivity contribution in [2.24, 2.45) is 5.92 Å². The first-order valence-corrected chi connectivity index (χ1v) is 11.4. The number of amides is 1. The normalized spacial score (nSPS) is 15.5. The third-order valence-corrected chi connectivity index (χ3v) is 5.80. The van der Waals surface area contributed by atoms with Crippen molar-refractivity contribution in [1.82, 2.24) is 15.1 Å². The van der Waals surface area contributed by atoms with Gasteiger partial charge in [-0.2, -0.15) is 5.10 Å². The number of rotatable bonds is 12. The predicted molar refractivity (Wildman–Crippen MR) is 120 cm³/mol. The van der Waals surface area contributed by atoms with Crippen LogP contribution in [-0.4, -0.2) is 55.7 Å². The SMILES string of the molecule is CC(C)c1c(C(=O)NCC2CC2)nn(-c2ccc(F)cc2)c1CC[C@@H](O)C[C@@H](O)CC(=O)O. The zero-order chi connectivity index (χ0) is 24.1. The lowest BCUT2D eigenvalue weighted by atomic mass is 9.95. The van der Waals surface area contributed by atoms with Gasteiger partial charge in [0.2, 0.25) is 0 Å². The molecule has 1 aromatic carbocycles. The molecule has 1 aromatic heterocycles. The van der Waals surface area contributed by atoms with E-state index in [0.717, 1.165) is 24.1 Å². The van der Waals surface area contributed by atoms with Gasteiger partial charge in [0.1, 0.15) is 5.82 Å². The molecule has 3 rings (SSSR count). The van der Waals surface area contributed by atoms with E-state index in [1.54, 1.807) is 16.8 Å². The molecule has 0 unspecified atom stereocenters. The summed E-state index contributed by atoms with van der Waals surface area (Å²) in [5, 5.41) is 36.5. The molecule has 1 amide bonds. The summed E-state index contributed by atoms with van der Waals surface area (Å²) < 4.78 is 15.1. The first kappa shape index (κ1) is 24.9. The van der Waals surface area contributed by atoms with Crippen LogP contribution in [0.2, 0.25) is 0 Å². The molecule has 0 bridgehead atoms. The number of aliphatic carboxylic acids is 1. The van der Waals surface area contributed by atoms with Crippen molar-refractivity contribution >= 4 is 11.9 Å². The summed E-state index contributed by atoms with van der Waals surface area (Å²) in [6.45, 7) is 4.52. The van der Waals surface area contributed by atoms with Crippen molar-refractivity contribution in [1.29, 1.82) is 0 Å². The van der Waals surface area contributed by atoms with Crippen LogP contribution in [0.15, 0.2) is 24.3 Å². The van der Waals surface area contributed by atoms with Gasteiger partial charge in [-0.25, -0.2) is 9.07 Å². The highest BCUT2D eigenvalue weighted by molar-refractivity contribution is 5.94. The number of nitrogens with one attached hydrogen (secondary N) is 1. The summed E-state index contributed by atoms with van der Waals surface area (Å²) in [7, 11) is 0. The summed E-state index contributed by atoms with van der Waals surface area (Å²) in [6, 6.07) is 5.79. The number of carboxylic acid groups (broad SMARTS) is 1. The molecule has 8 nitrogen and oxygen atoms in total. The minimum atomic E-state index is -1.15. The maximum absolute atomic E-state index is 13.5. The van der Waals surface area contributed by atoms with E-state index in [1.807, 2.05) is 13.8 Å². The number of hydrogen-bond donors (Lipinski definition) is 4. The number of nitrogens with zero attached hydrogens (tertiary/aromatic N) is 2. The Kier molecular flexibility index (Phi) is 8.20. The van der Waals surface area contributed by atoms with E-state index in [-0.39, 0.29) is 30.5 Å². The Balaban J connectivity index is 1.88. The molecule has 0 aliphatic heterocycles. The van der Waals surface area contributed by atoms with Crippen LogP contribution in [0.4, 0.5) is 4.39 Å². The average molecular weight is 462 g/mol. The van der Waals surface area contributed by atoms with Crippen LogP contribution in [0, 0.1) is 11.7 Å². The van der Waals surface area contributed by atoms with E-state index in [4.69, 9.17) is 5.11 Å². The van der Waals surface area contributed by atoms with Gasteiger partial charge in [-0.1, -0.05) is 13.8 Å². The fraction of sp³-hybridized carbons (Fsp3) is 0.542. The monoisotopic (exact) mass is 461 g/mol. The van der Waals surface area contributed by atoms with Crippen LogP contribution >= 0.6 is 0 Å². The van der Waals surface area contributed by atoms with Crippen LogP contribution in [0.3, 0.4) is 0 Å². The number of carbonyl (C=O) groups is 2. The van der Waals surface area contributed by atoms with Gasteiger partial charge in [-0.3, -0.25) is 9.59 Å². The van der Waals surface area contributed by atoms with Crippen LogP contribution in [0.1, 0.15) is 73.6 Å². The molecule has 9 heteroatoms. The van der Waals surface area contributed by atoms with Crippen molar-refractivity contribution in [2.75, 3.05) is 6.54 Å². The molecule has 2 atom stereocenters. The number of benzene rings is 1. The molecule has 1 fully saturated rings. The van der Waals surface area contributed by atoms with Gasteiger partial charge in [0.15, 0.2) is 5.69 Å². The molecule has 180 valence electrons. The topological polar surface area (TPSA) is 125 Å². The number of aliphatic hydroxyl groups is 2. The van der Waals surface area contributed by atoms with Gasteiger partial charge in [-0.15, -0.1) is 0 Å². The van der Waals surface area contributed by atoms with E-state index in [2.05, 4.69) is 10.4 Å². The van der Waals surface area contributed by atoms with E-state index >= 15 is 0 Å². The van der Waals surface area contributed by atoms with Crippen molar-refractivity contribution in [3.05, 3.63) is 47.0 Å². The highest BCUT2D eigenvalue weighted by atomic mass is 19.1. The Hall–Kier alpha value is -2.78. The van der Waals surface area contributed by atoms with Crippen LogP contribution in [-0.2, 0) is 11.2 Å².